The van der Waals surface area contributed by atoms with Crippen LogP contribution in [0, 0.1) is 6.92 Å². The molecule has 0 radical (unpaired) electrons. The number of carbonyl (C=O) groups is 1. The number of aromatic nitrogens is 3. The first-order valence-electron chi connectivity index (χ1n) is 10.3. The highest BCUT2D eigenvalue weighted by molar-refractivity contribution is 5.97. The SMILES string of the molecule is Cc1cc(-c2ccc3c(n2)N(C(=O)NCCc2ccccn2)[C@H]2CCN3C2)ccn1. The Bertz CT molecular complexity index is 1070. The van der Waals surface area contributed by atoms with E-state index >= 15 is 0 Å². The van der Waals surface area contributed by atoms with Crippen molar-refractivity contribution in [3.8, 4) is 11.3 Å². The van der Waals surface area contributed by atoms with Gasteiger partial charge in [-0.1, -0.05) is 6.07 Å². The number of fused-ring (bicyclic) bond motifs is 4. The molecule has 5 rings (SSSR count). The van der Waals surface area contributed by atoms with Gasteiger partial charge in [0.15, 0.2) is 5.82 Å². The highest BCUT2D eigenvalue weighted by Gasteiger charge is 2.40. The number of amides is 2. The zero-order chi connectivity index (χ0) is 20.5. The second kappa shape index (κ2) is 7.74. The third-order valence-corrected chi connectivity index (χ3v) is 5.75. The molecule has 7 heteroatoms. The molecule has 7 nitrogen and oxygen atoms in total. The lowest BCUT2D eigenvalue weighted by atomic mass is 10.1. The molecule has 30 heavy (non-hydrogen) atoms. The maximum atomic E-state index is 13.2. The molecule has 0 aromatic carbocycles. The summed E-state index contributed by atoms with van der Waals surface area (Å²) >= 11 is 0. The van der Waals surface area contributed by atoms with E-state index in [1.54, 1.807) is 12.4 Å². The van der Waals surface area contributed by atoms with Crippen molar-refractivity contribution in [2.45, 2.75) is 25.8 Å². The number of rotatable bonds is 4. The highest BCUT2D eigenvalue weighted by atomic mass is 16.2. The lowest BCUT2D eigenvalue weighted by molar-refractivity contribution is 0.244. The van der Waals surface area contributed by atoms with Crippen LogP contribution < -0.4 is 15.1 Å². The fraction of sp³-hybridized carbons (Fsp3) is 0.304. The summed E-state index contributed by atoms with van der Waals surface area (Å²) < 4.78 is 0. The minimum absolute atomic E-state index is 0.0886. The zero-order valence-corrected chi connectivity index (χ0v) is 17.0. The summed E-state index contributed by atoms with van der Waals surface area (Å²) in [5.41, 5.74) is 4.80. The summed E-state index contributed by atoms with van der Waals surface area (Å²) in [7, 11) is 0. The van der Waals surface area contributed by atoms with Gasteiger partial charge in [0, 0.05) is 55.4 Å². The van der Waals surface area contributed by atoms with E-state index in [0.29, 0.717) is 13.0 Å². The van der Waals surface area contributed by atoms with Crippen molar-refractivity contribution in [1.29, 1.82) is 0 Å². The Balaban J connectivity index is 1.40. The van der Waals surface area contributed by atoms with Gasteiger partial charge in [0.1, 0.15) is 0 Å². The van der Waals surface area contributed by atoms with Gasteiger partial charge in [0.05, 0.1) is 17.4 Å². The molecule has 1 atom stereocenters. The molecule has 0 spiro atoms. The van der Waals surface area contributed by atoms with Crippen molar-refractivity contribution in [3.63, 3.8) is 0 Å². The third kappa shape index (κ3) is 3.47. The van der Waals surface area contributed by atoms with Gasteiger partial charge >= 0.3 is 6.03 Å². The second-order valence-electron chi connectivity index (χ2n) is 7.79. The standard InChI is InChI=1S/C23H24N6O/c1-16-14-17(7-11-24-16)20-5-6-21-22(27-20)29(19-9-13-28(21)15-19)23(30)26-12-8-18-4-2-3-10-25-18/h2-7,10-11,14,19H,8-9,12-13,15H2,1H3,(H,26,30)/t19-/m0/s1. The Morgan fingerprint density at radius 1 is 1.17 bits per heavy atom. The fourth-order valence-corrected chi connectivity index (χ4v) is 4.27. The van der Waals surface area contributed by atoms with Gasteiger partial charge in [-0.25, -0.2) is 9.78 Å². The van der Waals surface area contributed by atoms with E-state index in [9.17, 15) is 4.79 Å². The van der Waals surface area contributed by atoms with Gasteiger partial charge in [-0.2, -0.15) is 0 Å². The molecule has 2 amide bonds. The van der Waals surface area contributed by atoms with Gasteiger partial charge < -0.3 is 10.2 Å². The van der Waals surface area contributed by atoms with E-state index in [2.05, 4.69) is 26.3 Å². The van der Waals surface area contributed by atoms with Gasteiger partial charge in [0.2, 0.25) is 0 Å². The molecule has 3 aromatic heterocycles. The topological polar surface area (TPSA) is 74.2 Å². The predicted molar refractivity (Wildman–Crippen MR) is 117 cm³/mol. The van der Waals surface area contributed by atoms with Gasteiger partial charge in [-0.15, -0.1) is 0 Å². The van der Waals surface area contributed by atoms with Crippen LogP contribution in [0.25, 0.3) is 11.3 Å². The number of nitrogens with one attached hydrogen (secondary N) is 1. The van der Waals surface area contributed by atoms with Gasteiger partial charge in [-0.3, -0.25) is 14.9 Å². The van der Waals surface area contributed by atoms with Crippen LogP contribution in [-0.2, 0) is 6.42 Å². The van der Waals surface area contributed by atoms with Crippen LogP contribution in [-0.4, -0.2) is 46.7 Å². The Morgan fingerprint density at radius 3 is 2.93 bits per heavy atom. The van der Waals surface area contributed by atoms with Crippen molar-refractivity contribution in [1.82, 2.24) is 20.3 Å². The molecule has 2 aliphatic rings. The van der Waals surface area contributed by atoms with E-state index in [1.807, 2.05) is 48.2 Å². The largest absolute Gasteiger partial charge is 0.366 e. The average Bonchev–Trinajstić information content (AvgIpc) is 3.18. The van der Waals surface area contributed by atoms with Crippen LogP contribution in [0.15, 0.2) is 54.9 Å². The maximum Gasteiger partial charge on any atom is 0.323 e. The summed E-state index contributed by atoms with van der Waals surface area (Å²) in [4.78, 5) is 30.9. The van der Waals surface area contributed by atoms with Crippen LogP contribution in [0.3, 0.4) is 0 Å². The number of urea groups is 1. The van der Waals surface area contributed by atoms with Crippen LogP contribution in [0.4, 0.5) is 16.3 Å². The maximum absolute atomic E-state index is 13.2. The monoisotopic (exact) mass is 400 g/mol. The number of carbonyl (C=O) groups excluding carboxylic acids is 1. The molecule has 1 N–H and O–H groups in total. The Morgan fingerprint density at radius 2 is 2.10 bits per heavy atom. The lowest BCUT2D eigenvalue weighted by Gasteiger charge is -2.36. The zero-order valence-electron chi connectivity index (χ0n) is 17.0. The number of hydrogen-bond acceptors (Lipinski definition) is 5. The summed E-state index contributed by atoms with van der Waals surface area (Å²) in [5, 5.41) is 3.07. The van der Waals surface area contributed by atoms with Crippen molar-refractivity contribution < 1.29 is 4.79 Å². The normalized spacial score (nSPS) is 17.0. The summed E-state index contributed by atoms with van der Waals surface area (Å²) in [6, 6.07) is 14.0. The number of pyridine rings is 3. The first-order chi connectivity index (χ1) is 14.7. The highest BCUT2D eigenvalue weighted by Crippen LogP contribution is 2.40. The Labute approximate surface area is 175 Å². The van der Waals surface area contributed by atoms with Crippen LogP contribution in [0.5, 0.6) is 0 Å². The van der Waals surface area contributed by atoms with E-state index in [1.165, 1.54) is 0 Å². The summed E-state index contributed by atoms with van der Waals surface area (Å²) in [5.74, 6) is 0.742. The predicted octanol–water partition coefficient (Wildman–Crippen LogP) is 3.20. The van der Waals surface area contributed by atoms with Crippen molar-refractivity contribution in [2.75, 3.05) is 29.4 Å². The number of nitrogens with zero attached hydrogens (tertiary/aromatic N) is 5. The van der Waals surface area contributed by atoms with Crippen molar-refractivity contribution >= 4 is 17.5 Å². The first kappa shape index (κ1) is 18.5. The molecule has 152 valence electrons. The van der Waals surface area contributed by atoms with E-state index < -0.39 is 0 Å². The first-order valence-corrected chi connectivity index (χ1v) is 10.3. The average molecular weight is 400 g/mol. The van der Waals surface area contributed by atoms with Crippen LogP contribution >= 0.6 is 0 Å². The van der Waals surface area contributed by atoms with E-state index in [4.69, 9.17) is 4.98 Å². The fourth-order valence-electron chi connectivity index (χ4n) is 4.27. The number of anilines is 2. The molecular weight excluding hydrogens is 376 g/mol. The van der Waals surface area contributed by atoms with Crippen LogP contribution in [0.1, 0.15) is 17.8 Å². The molecular formula is C23H24N6O. The molecule has 1 fully saturated rings. The van der Waals surface area contributed by atoms with Gasteiger partial charge in [-0.05, 0) is 49.7 Å². The summed E-state index contributed by atoms with van der Waals surface area (Å²) in [6.45, 7) is 4.32. The molecule has 3 aromatic rings. The minimum Gasteiger partial charge on any atom is -0.366 e. The molecule has 1 saturated heterocycles. The Hall–Kier alpha value is -3.48. The molecule has 5 heterocycles. The van der Waals surface area contributed by atoms with Crippen molar-refractivity contribution in [3.05, 3.63) is 66.2 Å². The molecule has 2 bridgehead atoms. The molecule has 0 aliphatic carbocycles. The second-order valence-corrected chi connectivity index (χ2v) is 7.79. The van der Waals surface area contributed by atoms with Gasteiger partial charge in [0.25, 0.3) is 0 Å². The quantitative estimate of drug-likeness (QED) is 0.728. The number of aryl methyl sites for hydroxylation is 1. The van der Waals surface area contributed by atoms with E-state index in [0.717, 1.165) is 53.7 Å². The number of hydrogen-bond donors (Lipinski definition) is 1. The Kier molecular flexibility index (Phi) is 4.78. The summed E-state index contributed by atoms with van der Waals surface area (Å²) in [6.07, 6.45) is 5.22. The van der Waals surface area contributed by atoms with Crippen LogP contribution in [0.2, 0.25) is 0 Å². The minimum atomic E-state index is -0.0886. The molecule has 2 aliphatic heterocycles. The van der Waals surface area contributed by atoms with E-state index in [-0.39, 0.29) is 12.1 Å². The third-order valence-electron chi connectivity index (χ3n) is 5.75. The smallest absolute Gasteiger partial charge is 0.323 e. The lowest BCUT2D eigenvalue weighted by Crippen LogP contribution is -2.51. The molecule has 0 unspecified atom stereocenters. The van der Waals surface area contributed by atoms with Crippen molar-refractivity contribution in [2.24, 2.45) is 0 Å². The molecule has 0 saturated carbocycles.